The zero-order valence-corrected chi connectivity index (χ0v) is 12.0. The third kappa shape index (κ3) is 2.06. The molecule has 1 aromatic heterocycles. The van der Waals surface area contributed by atoms with Gasteiger partial charge in [-0.1, -0.05) is 6.92 Å². The minimum absolute atomic E-state index is 0.0837. The van der Waals surface area contributed by atoms with Crippen molar-refractivity contribution in [2.24, 2.45) is 0 Å². The number of nitrogens with one attached hydrogen (secondary N) is 2. The summed E-state index contributed by atoms with van der Waals surface area (Å²) in [7, 11) is -3.56. The van der Waals surface area contributed by atoms with Crippen LogP contribution in [-0.4, -0.2) is 65.8 Å². The zero-order chi connectivity index (χ0) is 14.3. The maximum atomic E-state index is 12.5. The highest BCUT2D eigenvalue weighted by Crippen LogP contribution is 2.20. The van der Waals surface area contributed by atoms with Gasteiger partial charge in [0, 0.05) is 32.6 Å². The third-order valence-corrected chi connectivity index (χ3v) is 5.53. The fourth-order valence-corrected chi connectivity index (χ4v) is 3.99. The molecule has 3 rings (SSSR count). The summed E-state index contributed by atoms with van der Waals surface area (Å²) in [6.45, 7) is 3.45. The van der Waals surface area contributed by atoms with E-state index < -0.39 is 10.0 Å². The van der Waals surface area contributed by atoms with Crippen molar-refractivity contribution in [2.45, 2.75) is 24.4 Å². The molecule has 20 heavy (non-hydrogen) atoms. The van der Waals surface area contributed by atoms with E-state index in [1.165, 1.54) is 10.5 Å². The van der Waals surface area contributed by atoms with Gasteiger partial charge in [-0.3, -0.25) is 0 Å². The number of hydrogen-bond acceptors (Lipinski definition) is 4. The SMILES string of the molecule is CCc1ncc(S(=O)(=O)N2CCN3C(=O)NCC3C2)[nH]1. The molecule has 2 amide bonds. The van der Waals surface area contributed by atoms with E-state index in [2.05, 4.69) is 15.3 Å². The number of amides is 2. The topological polar surface area (TPSA) is 98.4 Å². The van der Waals surface area contributed by atoms with E-state index in [4.69, 9.17) is 0 Å². The Hall–Kier alpha value is -1.61. The van der Waals surface area contributed by atoms with Crippen LogP contribution in [0.15, 0.2) is 11.2 Å². The van der Waals surface area contributed by atoms with Crippen molar-refractivity contribution in [3.63, 3.8) is 0 Å². The molecule has 1 aromatic rings. The smallest absolute Gasteiger partial charge is 0.317 e. The van der Waals surface area contributed by atoms with Gasteiger partial charge in [-0.2, -0.15) is 4.31 Å². The molecule has 2 saturated heterocycles. The molecule has 1 unspecified atom stereocenters. The maximum absolute atomic E-state index is 12.5. The van der Waals surface area contributed by atoms with Crippen LogP contribution in [0.25, 0.3) is 0 Å². The molecular weight excluding hydrogens is 282 g/mol. The van der Waals surface area contributed by atoms with E-state index >= 15 is 0 Å². The number of H-pyrrole nitrogens is 1. The Bertz CT molecular complexity index is 626. The first-order valence-electron chi connectivity index (χ1n) is 6.61. The molecule has 2 fully saturated rings. The van der Waals surface area contributed by atoms with Crippen LogP contribution in [0.4, 0.5) is 4.79 Å². The lowest BCUT2D eigenvalue weighted by atomic mass is 10.2. The fraction of sp³-hybridized carbons (Fsp3) is 0.636. The molecule has 2 aliphatic heterocycles. The van der Waals surface area contributed by atoms with E-state index in [9.17, 15) is 13.2 Å². The van der Waals surface area contributed by atoms with E-state index in [1.807, 2.05) is 6.92 Å². The molecule has 0 spiro atoms. The number of sulfonamides is 1. The van der Waals surface area contributed by atoms with Crippen molar-refractivity contribution in [1.82, 2.24) is 24.5 Å². The highest BCUT2D eigenvalue weighted by Gasteiger charge is 2.40. The van der Waals surface area contributed by atoms with E-state index in [0.29, 0.717) is 38.4 Å². The Labute approximate surface area is 117 Å². The number of fused-ring (bicyclic) bond motifs is 1. The van der Waals surface area contributed by atoms with Gasteiger partial charge in [-0.05, 0) is 0 Å². The van der Waals surface area contributed by atoms with Crippen LogP contribution in [0.2, 0.25) is 0 Å². The van der Waals surface area contributed by atoms with Crippen molar-refractivity contribution in [2.75, 3.05) is 26.2 Å². The van der Waals surface area contributed by atoms with Gasteiger partial charge in [0.25, 0.3) is 10.0 Å². The van der Waals surface area contributed by atoms with Gasteiger partial charge >= 0.3 is 6.03 Å². The fourth-order valence-electron chi connectivity index (χ4n) is 2.59. The number of piperazine rings is 1. The van der Waals surface area contributed by atoms with E-state index in [0.717, 1.165) is 0 Å². The zero-order valence-electron chi connectivity index (χ0n) is 11.2. The number of rotatable bonds is 3. The summed E-state index contributed by atoms with van der Waals surface area (Å²) < 4.78 is 26.5. The van der Waals surface area contributed by atoms with Crippen LogP contribution in [-0.2, 0) is 16.4 Å². The van der Waals surface area contributed by atoms with Gasteiger partial charge in [0.1, 0.15) is 5.82 Å². The van der Waals surface area contributed by atoms with Gasteiger partial charge in [0.2, 0.25) is 0 Å². The minimum atomic E-state index is -3.56. The minimum Gasteiger partial charge on any atom is -0.336 e. The lowest BCUT2D eigenvalue weighted by Crippen LogP contribution is -2.53. The standard InChI is InChI=1S/C11H17N5O3S/c1-2-9-12-6-10(14-9)20(18,19)15-3-4-16-8(7-15)5-13-11(16)17/h6,8H,2-5,7H2,1H3,(H,12,14)(H,13,17). The molecule has 0 bridgehead atoms. The van der Waals surface area contributed by atoms with E-state index in [-0.39, 0.29) is 17.1 Å². The average molecular weight is 299 g/mol. The second-order valence-electron chi connectivity index (χ2n) is 4.94. The molecule has 0 aromatic carbocycles. The molecule has 9 heteroatoms. The molecule has 3 heterocycles. The average Bonchev–Trinajstić information content (AvgIpc) is 3.06. The van der Waals surface area contributed by atoms with Crippen LogP contribution in [0.5, 0.6) is 0 Å². The lowest BCUT2D eigenvalue weighted by molar-refractivity contribution is 0.164. The quantitative estimate of drug-likeness (QED) is 0.776. The third-order valence-electron chi connectivity index (χ3n) is 3.75. The predicted molar refractivity (Wildman–Crippen MR) is 70.6 cm³/mol. The summed E-state index contributed by atoms with van der Waals surface area (Å²) in [5, 5.41) is 2.86. The number of nitrogens with zero attached hydrogens (tertiary/aromatic N) is 3. The first kappa shape index (κ1) is 13.4. The normalized spacial score (nSPS) is 23.8. The number of hydrogen-bond donors (Lipinski definition) is 2. The number of aryl methyl sites for hydroxylation is 1. The number of carbonyl (C=O) groups is 1. The Morgan fingerprint density at radius 3 is 2.95 bits per heavy atom. The number of carbonyl (C=O) groups excluding carboxylic acids is 1. The molecule has 110 valence electrons. The maximum Gasteiger partial charge on any atom is 0.317 e. The number of urea groups is 1. The van der Waals surface area contributed by atoms with Crippen LogP contribution < -0.4 is 5.32 Å². The van der Waals surface area contributed by atoms with Gasteiger partial charge in [-0.15, -0.1) is 0 Å². The van der Waals surface area contributed by atoms with Crippen molar-refractivity contribution < 1.29 is 13.2 Å². The molecule has 0 aliphatic carbocycles. The number of aromatic nitrogens is 2. The molecule has 0 radical (unpaired) electrons. The van der Waals surface area contributed by atoms with Gasteiger partial charge < -0.3 is 15.2 Å². The first-order valence-corrected chi connectivity index (χ1v) is 8.05. The van der Waals surface area contributed by atoms with Crippen molar-refractivity contribution in [3.8, 4) is 0 Å². The molecular formula is C11H17N5O3S. The molecule has 0 saturated carbocycles. The Morgan fingerprint density at radius 2 is 2.25 bits per heavy atom. The van der Waals surface area contributed by atoms with Gasteiger partial charge in [-0.25, -0.2) is 18.2 Å². The van der Waals surface area contributed by atoms with Crippen molar-refractivity contribution >= 4 is 16.1 Å². The number of imidazole rings is 1. The van der Waals surface area contributed by atoms with Crippen LogP contribution >= 0.6 is 0 Å². The highest BCUT2D eigenvalue weighted by atomic mass is 32.2. The van der Waals surface area contributed by atoms with Crippen molar-refractivity contribution in [1.29, 1.82) is 0 Å². The number of aromatic amines is 1. The first-order chi connectivity index (χ1) is 9.52. The molecule has 2 N–H and O–H groups in total. The monoisotopic (exact) mass is 299 g/mol. The Balaban J connectivity index is 1.80. The largest absolute Gasteiger partial charge is 0.336 e. The predicted octanol–water partition coefficient (Wildman–Crippen LogP) is -0.630. The highest BCUT2D eigenvalue weighted by molar-refractivity contribution is 7.89. The van der Waals surface area contributed by atoms with Crippen LogP contribution in [0, 0.1) is 0 Å². The Kier molecular flexibility index (Phi) is 3.17. The summed E-state index contributed by atoms with van der Waals surface area (Å²) in [4.78, 5) is 20.1. The summed E-state index contributed by atoms with van der Waals surface area (Å²) in [5.41, 5.74) is 0. The second-order valence-corrected chi connectivity index (χ2v) is 6.85. The van der Waals surface area contributed by atoms with Gasteiger partial charge in [0.15, 0.2) is 5.03 Å². The van der Waals surface area contributed by atoms with E-state index in [1.54, 1.807) is 4.90 Å². The second kappa shape index (κ2) is 4.74. The van der Waals surface area contributed by atoms with Crippen molar-refractivity contribution in [3.05, 3.63) is 12.0 Å². The van der Waals surface area contributed by atoms with Gasteiger partial charge in [0.05, 0.1) is 12.2 Å². The molecule has 8 nitrogen and oxygen atoms in total. The Morgan fingerprint density at radius 1 is 1.45 bits per heavy atom. The van der Waals surface area contributed by atoms with Crippen LogP contribution in [0.3, 0.4) is 0 Å². The summed E-state index contributed by atoms with van der Waals surface area (Å²) in [5.74, 6) is 0.653. The molecule has 2 aliphatic rings. The van der Waals surface area contributed by atoms with Crippen LogP contribution in [0.1, 0.15) is 12.7 Å². The summed E-state index contributed by atoms with van der Waals surface area (Å²) >= 11 is 0. The summed E-state index contributed by atoms with van der Waals surface area (Å²) in [6.07, 6.45) is 2.02. The molecule has 1 atom stereocenters. The lowest BCUT2D eigenvalue weighted by Gasteiger charge is -2.35. The summed E-state index contributed by atoms with van der Waals surface area (Å²) in [6, 6.07) is -0.193.